The quantitative estimate of drug-likeness (QED) is 0.697. The largest absolute Gasteiger partial charge is 0.494 e. The molecule has 0 saturated heterocycles. The molecule has 0 aliphatic heterocycles. The lowest BCUT2D eigenvalue weighted by molar-refractivity contribution is 0.295. The Labute approximate surface area is 129 Å². The molecule has 116 valence electrons. The van der Waals surface area contributed by atoms with Crippen molar-refractivity contribution in [2.24, 2.45) is 11.1 Å². The standard InChI is InChI=1S/C18H28N2O/c1-15(20)6-7-16-8-10-17(11-9-16)21-13-5-4-12-18(2,3)14-19/h8-11,15H,4-7,12-13,20H2,1-3H3. The number of unbranched alkanes of at least 4 members (excludes halogenated alkanes) is 1. The zero-order chi connectivity index (χ0) is 15.7. The van der Waals surface area contributed by atoms with E-state index in [0.717, 1.165) is 37.9 Å². The van der Waals surface area contributed by atoms with Crippen LogP contribution in [0.4, 0.5) is 0 Å². The fourth-order valence-electron chi connectivity index (χ4n) is 2.06. The number of hydrogen-bond acceptors (Lipinski definition) is 3. The maximum absolute atomic E-state index is 8.94. The Hall–Kier alpha value is -1.53. The minimum absolute atomic E-state index is 0.220. The van der Waals surface area contributed by atoms with Crippen LogP contribution >= 0.6 is 0 Å². The van der Waals surface area contributed by atoms with E-state index >= 15 is 0 Å². The monoisotopic (exact) mass is 288 g/mol. The van der Waals surface area contributed by atoms with E-state index in [1.165, 1.54) is 5.56 Å². The van der Waals surface area contributed by atoms with E-state index in [2.05, 4.69) is 18.2 Å². The summed E-state index contributed by atoms with van der Waals surface area (Å²) in [4.78, 5) is 0. The summed E-state index contributed by atoms with van der Waals surface area (Å²) < 4.78 is 5.73. The molecule has 3 heteroatoms. The van der Waals surface area contributed by atoms with Crippen LogP contribution in [0.2, 0.25) is 0 Å². The number of nitrogens with two attached hydrogens (primary N) is 1. The number of ether oxygens (including phenoxy) is 1. The minimum Gasteiger partial charge on any atom is -0.494 e. The molecule has 3 nitrogen and oxygen atoms in total. The SMILES string of the molecule is CC(N)CCc1ccc(OCCCCC(C)(C)C#N)cc1. The van der Waals surface area contributed by atoms with Gasteiger partial charge in [-0.05, 0) is 70.6 Å². The molecule has 1 unspecified atom stereocenters. The van der Waals surface area contributed by atoms with Crippen molar-refractivity contribution in [2.45, 2.75) is 58.9 Å². The molecule has 0 spiro atoms. The van der Waals surface area contributed by atoms with E-state index < -0.39 is 0 Å². The van der Waals surface area contributed by atoms with Gasteiger partial charge >= 0.3 is 0 Å². The van der Waals surface area contributed by atoms with Crippen LogP contribution in [0.1, 0.15) is 52.0 Å². The van der Waals surface area contributed by atoms with E-state index in [0.29, 0.717) is 6.61 Å². The average Bonchev–Trinajstić information content (AvgIpc) is 2.46. The highest BCUT2D eigenvalue weighted by Crippen LogP contribution is 2.22. The van der Waals surface area contributed by atoms with Crippen LogP contribution in [-0.2, 0) is 6.42 Å². The number of nitrogens with zero attached hydrogens (tertiary/aromatic N) is 1. The summed E-state index contributed by atoms with van der Waals surface area (Å²) in [5.41, 5.74) is 6.84. The lowest BCUT2D eigenvalue weighted by Crippen LogP contribution is -2.15. The number of rotatable bonds is 9. The van der Waals surface area contributed by atoms with Crippen LogP contribution in [0.5, 0.6) is 5.75 Å². The van der Waals surface area contributed by atoms with Gasteiger partial charge in [-0.25, -0.2) is 0 Å². The molecule has 0 heterocycles. The third kappa shape index (κ3) is 7.72. The van der Waals surface area contributed by atoms with Gasteiger partial charge in [-0.2, -0.15) is 5.26 Å². The number of benzene rings is 1. The predicted molar refractivity (Wildman–Crippen MR) is 87.2 cm³/mol. The molecule has 0 radical (unpaired) electrons. The summed E-state index contributed by atoms with van der Waals surface area (Å²) >= 11 is 0. The van der Waals surface area contributed by atoms with Crippen LogP contribution < -0.4 is 10.5 Å². The van der Waals surface area contributed by atoms with Gasteiger partial charge in [0.15, 0.2) is 0 Å². The molecule has 0 saturated carbocycles. The molecule has 0 aromatic heterocycles. The van der Waals surface area contributed by atoms with Crippen molar-refractivity contribution in [3.63, 3.8) is 0 Å². The van der Waals surface area contributed by atoms with Crippen LogP contribution in [0.3, 0.4) is 0 Å². The highest BCUT2D eigenvalue weighted by atomic mass is 16.5. The van der Waals surface area contributed by atoms with Crippen LogP contribution in [-0.4, -0.2) is 12.6 Å². The van der Waals surface area contributed by atoms with Gasteiger partial charge in [-0.3, -0.25) is 0 Å². The number of hydrogen-bond donors (Lipinski definition) is 1. The molecule has 0 fully saturated rings. The Kier molecular flexibility index (Phi) is 7.25. The summed E-state index contributed by atoms with van der Waals surface area (Å²) in [6, 6.07) is 10.8. The van der Waals surface area contributed by atoms with Gasteiger partial charge in [0.1, 0.15) is 5.75 Å². The third-order valence-corrected chi connectivity index (χ3v) is 3.58. The summed E-state index contributed by atoms with van der Waals surface area (Å²) in [5, 5.41) is 8.94. The number of nitriles is 1. The average molecular weight is 288 g/mol. The first-order valence-corrected chi connectivity index (χ1v) is 7.81. The molecule has 0 aliphatic carbocycles. The van der Waals surface area contributed by atoms with E-state index in [1.54, 1.807) is 0 Å². The molecule has 0 aliphatic rings. The first-order valence-electron chi connectivity index (χ1n) is 7.81. The third-order valence-electron chi connectivity index (χ3n) is 3.58. The number of aryl methyl sites for hydroxylation is 1. The molecule has 1 rings (SSSR count). The molecular weight excluding hydrogens is 260 g/mol. The minimum atomic E-state index is -0.220. The van der Waals surface area contributed by atoms with Gasteiger partial charge in [0, 0.05) is 6.04 Å². The maximum atomic E-state index is 8.94. The van der Waals surface area contributed by atoms with Crippen molar-refractivity contribution < 1.29 is 4.74 Å². The highest BCUT2D eigenvalue weighted by molar-refractivity contribution is 5.27. The van der Waals surface area contributed by atoms with Gasteiger partial charge in [0.25, 0.3) is 0 Å². The lowest BCUT2D eigenvalue weighted by Gasteiger charge is -2.14. The second kappa shape index (κ2) is 8.69. The van der Waals surface area contributed by atoms with Crippen molar-refractivity contribution >= 4 is 0 Å². The van der Waals surface area contributed by atoms with E-state index in [9.17, 15) is 0 Å². The van der Waals surface area contributed by atoms with Gasteiger partial charge in [-0.1, -0.05) is 12.1 Å². The summed E-state index contributed by atoms with van der Waals surface area (Å²) in [5.74, 6) is 0.916. The van der Waals surface area contributed by atoms with E-state index in [1.807, 2.05) is 32.9 Å². The van der Waals surface area contributed by atoms with Crippen LogP contribution in [0.15, 0.2) is 24.3 Å². The second-order valence-corrected chi connectivity index (χ2v) is 6.46. The first-order chi connectivity index (χ1) is 9.93. The summed E-state index contributed by atoms with van der Waals surface area (Å²) in [6.45, 7) is 6.70. The lowest BCUT2D eigenvalue weighted by atomic mass is 9.89. The zero-order valence-corrected chi connectivity index (χ0v) is 13.6. The molecule has 1 atom stereocenters. The summed E-state index contributed by atoms with van der Waals surface area (Å²) in [7, 11) is 0. The van der Waals surface area contributed by atoms with Crippen molar-refractivity contribution in [1.82, 2.24) is 0 Å². The van der Waals surface area contributed by atoms with Crippen LogP contribution in [0.25, 0.3) is 0 Å². The zero-order valence-electron chi connectivity index (χ0n) is 13.6. The molecular formula is C18H28N2O. The molecule has 1 aromatic carbocycles. The molecule has 0 amide bonds. The highest BCUT2D eigenvalue weighted by Gasteiger charge is 2.15. The van der Waals surface area contributed by atoms with Crippen LogP contribution in [0, 0.1) is 16.7 Å². The fraction of sp³-hybridized carbons (Fsp3) is 0.611. The second-order valence-electron chi connectivity index (χ2n) is 6.46. The van der Waals surface area contributed by atoms with E-state index in [-0.39, 0.29) is 11.5 Å². The molecule has 21 heavy (non-hydrogen) atoms. The fourth-order valence-corrected chi connectivity index (χ4v) is 2.06. The van der Waals surface area contributed by atoms with Crippen molar-refractivity contribution in [3.05, 3.63) is 29.8 Å². The van der Waals surface area contributed by atoms with Gasteiger partial charge in [-0.15, -0.1) is 0 Å². The maximum Gasteiger partial charge on any atom is 0.119 e. The predicted octanol–water partition coefficient (Wildman–Crippen LogP) is 4.07. The smallest absolute Gasteiger partial charge is 0.119 e. The van der Waals surface area contributed by atoms with Gasteiger partial charge in [0.05, 0.1) is 18.1 Å². The summed E-state index contributed by atoms with van der Waals surface area (Å²) in [6.07, 6.45) is 4.95. The normalized spacial score (nSPS) is 12.7. The topological polar surface area (TPSA) is 59.0 Å². The molecule has 1 aromatic rings. The Balaban J connectivity index is 2.23. The Morgan fingerprint density at radius 1 is 1.24 bits per heavy atom. The Bertz CT molecular complexity index is 443. The van der Waals surface area contributed by atoms with Gasteiger partial charge in [0.2, 0.25) is 0 Å². The van der Waals surface area contributed by atoms with Crippen molar-refractivity contribution in [1.29, 1.82) is 5.26 Å². The van der Waals surface area contributed by atoms with Gasteiger partial charge < -0.3 is 10.5 Å². The first kappa shape index (κ1) is 17.5. The molecule has 0 bridgehead atoms. The molecule has 2 N–H and O–H groups in total. The Morgan fingerprint density at radius 2 is 1.90 bits per heavy atom. The van der Waals surface area contributed by atoms with E-state index in [4.69, 9.17) is 15.7 Å². The van der Waals surface area contributed by atoms with Crippen molar-refractivity contribution in [3.8, 4) is 11.8 Å². The van der Waals surface area contributed by atoms with Crippen molar-refractivity contribution in [2.75, 3.05) is 6.61 Å². The Morgan fingerprint density at radius 3 is 2.48 bits per heavy atom.